The molecule has 3 unspecified atom stereocenters. The quantitative estimate of drug-likeness (QED) is 0.813. The predicted molar refractivity (Wildman–Crippen MR) is 87.9 cm³/mol. The van der Waals surface area contributed by atoms with Gasteiger partial charge in [0.15, 0.2) is 0 Å². The second-order valence-electron chi connectivity index (χ2n) is 6.75. The molecule has 1 saturated carbocycles. The van der Waals surface area contributed by atoms with Gasteiger partial charge in [0.2, 0.25) is 0 Å². The molecule has 0 amide bonds. The molecular formula is C19H29NO. The van der Waals surface area contributed by atoms with Crippen molar-refractivity contribution in [2.24, 2.45) is 11.8 Å². The molecule has 1 aliphatic heterocycles. The minimum Gasteiger partial charge on any atom is -0.493 e. The first-order valence-corrected chi connectivity index (χ1v) is 8.81. The van der Waals surface area contributed by atoms with Crippen LogP contribution in [0.3, 0.4) is 0 Å². The molecule has 1 fully saturated rings. The second-order valence-corrected chi connectivity index (χ2v) is 6.75. The maximum Gasteiger partial charge on any atom is 0.122 e. The summed E-state index contributed by atoms with van der Waals surface area (Å²) < 4.78 is 5.88. The summed E-state index contributed by atoms with van der Waals surface area (Å²) in [7, 11) is 0. The van der Waals surface area contributed by atoms with Gasteiger partial charge in [-0.05, 0) is 43.8 Å². The summed E-state index contributed by atoms with van der Waals surface area (Å²) in [6, 6.07) is 8.63. The van der Waals surface area contributed by atoms with Crippen molar-refractivity contribution in [1.29, 1.82) is 0 Å². The molecule has 1 aromatic carbocycles. The molecule has 2 nitrogen and oxygen atoms in total. The molecule has 116 valence electrons. The van der Waals surface area contributed by atoms with Crippen molar-refractivity contribution >= 4 is 0 Å². The zero-order valence-corrected chi connectivity index (χ0v) is 13.3. The van der Waals surface area contributed by atoms with Gasteiger partial charge in [0, 0.05) is 11.5 Å². The minimum absolute atomic E-state index is 0.619. The van der Waals surface area contributed by atoms with E-state index in [4.69, 9.17) is 4.74 Å². The number of nitrogens with one attached hydrogen (secondary N) is 1. The molecule has 0 aromatic heterocycles. The number of hydrogen-bond donors (Lipinski definition) is 1. The Morgan fingerprint density at radius 1 is 1.10 bits per heavy atom. The highest BCUT2D eigenvalue weighted by Gasteiger charge is 2.30. The lowest BCUT2D eigenvalue weighted by atomic mass is 9.79. The highest BCUT2D eigenvalue weighted by atomic mass is 16.5. The van der Waals surface area contributed by atoms with Gasteiger partial charge in [-0.3, -0.25) is 0 Å². The average molecular weight is 287 g/mol. The molecular weight excluding hydrogens is 258 g/mol. The third kappa shape index (κ3) is 3.60. The van der Waals surface area contributed by atoms with E-state index in [0.29, 0.717) is 5.92 Å². The summed E-state index contributed by atoms with van der Waals surface area (Å²) in [4.78, 5) is 0. The van der Waals surface area contributed by atoms with Crippen molar-refractivity contribution in [1.82, 2.24) is 5.32 Å². The van der Waals surface area contributed by atoms with E-state index in [0.717, 1.165) is 30.7 Å². The van der Waals surface area contributed by atoms with Crippen LogP contribution in [0.1, 0.15) is 56.9 Å². The Hall–Kier alpha value is -1.02. The van der Waals surface area contributed by atoms with Gasteiger partial charge >= 0.3 is 0 Å². The largest absolute Gasteiger partial charge is 0.493 e. The number of para-hydroxylation sites is 1. The Labute approximate surface area is 129 Å². The molecule has 0 bridgehead atoms. The Bertz CT molecular complexity index is 445. The molecule has 2 heteroatoms. The third-order valence-corrected chi connectivity index (χ3v) is 5.36. The lowest BCUT2D eigenvalue weighted by Gasteiger charge is -2.27. The fourth-order valence-corrected chi connectivity index (χ4v) is 4.16. The minimum atomic E-state index is 0.619. The van der Waals surface area contributed by atoms with Crippen LogP contribution < -0.4 is 10.1 Å². The number of benzene rings is 1. The van der Waals surface area contributed by atoms with Crippen LogP contribution >= 0.6 is 0 Å². The molecule has 3 atom stereocenters. The zero-order valence-electron chi connectivity index (χ0n) is 13.3. The van der Waals surface area contributed by atoms with Gasteiger partial charge < -0.3 is 10.1 Å². The molecule has 1 aromatic rings. The molecule has 21 heavy (non-hydrogen) atoms. The van der Waals surface area contributed by atoms with Crippen molar-refractivity contribution in [3.63, 3.8) is 0 Å². The Balaban J connectivity index is 1.66. The normalized spacial score (nSPS) is 28.7. The summed E-state index contributed by atoms with van der Waals surface area (Å²) in [6.07, 6.45) is 8.40. The Morgan fingerprint density at radius 3 is 2.76 bits per heavy atom. The first-order chi connectivity index (χ1) is 10.4. The van der Waals surface area contributed by atoms with Gasteiger partial charge in [-0.2, -0.15) is 0 Å². The van der Waals surface area contributed by atoms with Crippen molar-refractivity contribution in [2.75, 3.05) is 19.7 Å². The standard InChI is InChI=1S/C19H29NO/c1-2-20-13-16-9-5-3-4-8-15(16)12-17-14-21-19-11-7-6-10-18(17)19/h6-7,10-11,15-17,20H,2-5,8-9,12-14H2,1H3. The lowest BCUT2D eigenvalue weighted by molar-refractivity contribution is 0.245. The molecule has 1 N–H and O–H groups in total. The lowest BCUT2D eigenvalue weighted by Crippen LogP contribution is -2.28. The van der Waals surface area contributed by atoms with E-state index in [-0.39, 0.29) is 0 Å². The monoisotopic (exact) mass is 287 g/mol. The van der Waals surface area contributed by atoms with E-state index in [1.165, 1.54) is 50.6 Å². The van der Waals surface area contributed by atoms with Gasteiger partial charge in [0.1, 0.15) is 5.75 Å². The van der Waals surface area contributed by atoms with Crippen LogP contribution in [-0.4, -0.2) is 19.7 Å². The number of fused-ring (bicyclic) bond motifs is 1. The second kappa shape index (κ2) is 7.31. The predicted octanol–water partition coefficient (Wildman–Crippen LogP) is 4.36. The number of hydrogen-bond acceptors (Lipinski definition) is 2. The van der Waals surface area contributed by atoms with Crippen LogP contribution in [0.2, 0.25) is 0 Å². The summed E-state index contributed by atoms with van der Waals surface area (Å²) >= 11 is 0. The zero-order chi connectivity index (χ0) is 14.5. The SMILES string of the molecule is CCNCC1CCCCCC1CC1COc2ccccc21. The fraction of sp³-hybridized carbons (Fsp3) is 0.684. The molecule has 1 heterocycles. The molecule has 1 aliphatic carbocycles. The average Bonchev–Trinajstić information content (AvgIpc) is 2.78. The topological polar surface area (TPSA) is 21.3 Å². The van der Waals surface area contributed by atoms with E-state index in [9.17, 15) is 0 Å². The Kier molecular flexibility index (Phi) is 5.18. The summed E-state index contributed by atoms with van der Waals surface area (Å²) in [5, 5.41) is 3.59. The smallest absolute Gasteiger partial charge is 0.122 e. The summed E-state index contributed by atoms with van der Waals surface area (Å²) in [5.41, 5.74) is 1.45. The van der Waals surface area contributed by atoms with Crippen LogP contribution in [-0.2, 0) is 0 Å². The van der Waals surface area contributed by atoms with E-state index >= 15 is 0 Å². The van der Waals surface area contributed by atoms with Gasteiger partial charge in [0.05, 0.1) is 6.61 Å². The fourth-order valence-electron chi connectivity index (χ4n) is 4.16. The van der Waals surface area contributed by atoms with E-state index in [1.807, 2.05) is 0 Å². The number of rotatable bonds is 5. The van der Waals surface area contributed by atoms with Gasteiger partial charge in [0.25, 0.3) is 0 Å². The van der Waals surface area contributed by atoms with Gasteiger partial charge in [-0.25, -0.2) is 0 Å². The van der Waals surface area contributed by atoms with E-state index in [1.54, 1.807) is 0 Å². The van der Waals surface area contributed by atoms with E-state index in [2.05, 4.69) is 36.5 Å². The maximum atomic E-state index is 5.88. The van der Waals surface area contributed by atoms with Crippen molar-refractivity contribution in [3.8, 4) is 5.75 Å². The van der Waals surface area contributed by atoms with Crippen LogP contribution in [0.15, 0.2) is 24.3 Å². The van der Waals surface area contributed by atoms with Crippen molar-refractivity contribution < 1.29 is 4.74 Å². The summed E-state index contributed by atoms with van der Waals surface area (Å²) in [6.45, 7) is 5.41. The Morgan fingerprint density at radius 2 is 1.90 bits per heavy atom. The molecule has 0 spiro atoms. The molecule has 0 saturated heterocycles. The highest BCUT2D eigenvalue weighted by Crippen LogP contribution is 2.41. The third-order valence-electron chi connectivity index (χ3n) is 5.36. The molecule has 0 radical (unpaired) electrons. The van der Waals surface area contributed by atoms with Gasteiger partial charge in [-0.1, -0.05) is 50.8 Å². The van der Waals surface area contributed by atoms with Crippen LogP contribution in [0.25, 0.3) is 0 Å². The van der Waals surface area contributed by atoms with Crippen LogP contribution in [0.4, 0.5) is 0 Å². The number of ether oxygens (including phenoxy) is 1. The maximum absolute atomic E-state index is 5.88. The van der Waals surface area contributed by atoms with Crippen molar-refractivity contribution in [2.45, 2.75) is 51.4 Å². The van der Waals surface area contributed by atoms with Crippen LogP contribution in [0.5, 0.6) is 5.75 Å². The molecule has 2 aliphatic rings. The summed E-state index contributed by atoms with van der Waals surface area (Å²) in [5.74, 6) is 3.47. The first-order valence-electron chi connectivity index (χ1n) is 8.81. The van der Waals surface area contributed by atoms with E-state index < -0.39 is 0 Å². The van der Waals surface area contributed by atoms with Crippen LogP contribution in [0, 0.1) is 11.8 Å². The first kappa shape index (κ1) is 14.9. The van der Waals surface area contributed by atoms with Gasteiger partial charge in [-0.15, -0.1) is 0 Å². The molecule has 3 rings (SSSR count). The highest BCUT2D eigenvalue weighted by molar-refractivity contribution is 5.39. The van der Waals surface area contributed by atoms with Crippen molar-refractivity contribution in [3.05, 3.63) is 29.8 Å².